The third-order valence-corrected chi connectivity index (χ3v) is 2.29. The number of hydrogen-bond acceptors (Lipinski definition) is 5. The molecule has 1 amide bonds. The fraction of sp³-hybridized carbons (Fsp3) is 0.364. The van der Waals surface area contributed by atoms with Crippen LogP contribution in [0, 0.1) is 10.1 Å². The topological polar surface area (TPSA) is 102 Å². The minimum atomic E-state index is -0.592. The van der Waals surface area contributed by atoms with Gasteiger partial charge in [0.2, 0.25) is 0 Å². The zero-order valence-electron chi connectivity index (χ0n) is 10.0. The van der Waals surface area contributed by atoms with Crippen molar-refractivity contribution in [2.24, 2.45) is 0 Å². The van der Waals surface area contributed by atoms with Gasteiger partial charge in [-0.15, -0.1) is 0 Å². The van der Waals surface area contributed by atoms with Gasteiger partial charge in [0.1, 0.15) is 5.75 Å². The zero-order chi connectivity index (χ0) is 13.7. The summed E-state index contributed by atoms with van der Waals surface area (Å²) in [5.74, 6) is -0.291. The Bertz CT molecular complexity index is 461. The monoisotopic (exact) mass is 254 g/mol. The van der Waals surface area contributed by atoms with Crippen molar-refractivity contribution in [3.05, 3.63) is 33.9 Å². The van der Waals surface area contributed by atoms with Gasteiger partial charge in [-0.2, -0.15) is 0 Å². The van der Waals surface area contributed by atoms with Gasteiger partial charge < -0.3 is 15.2 Å². The molecule has 1 aromatic carbocycles. The molecule has 1 rings (SSSR count). The summed E-state index contributed by atoms with van der Waals surface area (Å²) in [5, 5.41) is 22.0. The summed E-state index contributed by atoms with van der Waals surface area (Å²) in [6.07, 6.45) is 0. The predicted molar refractivity (Wildman–Crippen MR) is 63.7 cm³/mol. The van der Waals surface area contributed by atoms with E-state index in [-0.39, 0.29) is 23.6 Å². The van der Waals surface area contributed by atoms with E-state index < -0.39 is 16.9 Å². The van der Waals surface area contributed by atoms with Crippen LogP contribution >= 0.6 is 0 Å². The number of nitro groups is 1. The highest BCUT2D eigenvalue weighted by molar-refractivity contribution is 5.97. The molecule has 0 aliphatic heterocycles. The van der Waals surface area contributed by atoms with E-state index in [4.69, 9.17) is 9.84 Å². The van der Waals surface area contributed by atoms with Crippen LogP contribution in [0.4, 0.5) is 5.69 Å². The Morgan fingerprint density at radius 1 is 1.61 bits per heavy atom. The van der Waals surface area contributed by atoms with Gasteiger partial charge in [-0.3, -0.25) is 14.9 Å². The number of nitrogens with zero attached hydrogens (tertiary/aromatic N) is 1. The molecule has 0 radical (unpaired) electrons. The summed E-state index contributed by atoms with van der Waals surface area (Å²) in [7, 11) is 1.37. The number of hydrogen-bond donors (Lipinski definition) is 2. The SMILES string of the molecule is COc1ccc([N+](=O)[O-])cc1C(=O)N[C@H](C)CO. The highest BCUT2D eigenvalue weighted by Crippen LogP contribution is 2.23. The first-order valence-corrected chi connectivity index (χ1v) is 5.23. The first-order chi connectivity index (χ1) is 8.49. The third kappa shape index (κ3) is 3.17. The number of nitro benzene ring substituents is 1. The van der Waals surface area contributed by atoms with Crippen molar-refractivity contribution in [2.75, 3.05) is 13.7 Å². The molecular weight excluding hydrogens is 240 g/mol. The van der Waals surface area contributed by atoms with Gasteiger partial charge in [0.05, 0.1) is 24.2 Å². The quantitative estimate of drug-likeness (QED) is 0.595. The molecule has 0 aliphatic rings. The van der Waals surface area contributed by atoms with Crippen LogP contribution in [0.1, 0.15) is 17.3 Å². The van der Waals surface area contributed by atoms with Gasteiger partial charge in [-0.05, 0) is 13.0 Å². The van der Waals surface area contributed by atoms with Crippen molar-refractivity contribution in [3.8, 4) is 5.75 Å². The molecular formula is C11H14N2O5. The fourth-order valence-corrected chi connectivity index (χ4v) is 1.33. The second-order valence-corrected chi connectivity index (χ2v) is 3.70. The number of carbonyl (C=O) groups is 1. The number of methoxy groups -OCH3 is 1. The lowest BCUT2D eigenvalue weighted by Crippen LogP contribution is -2.35. The molecule has 0 bridgehead atoms. The number of nitrogens with one attached hydrogen (secondary N) is 1. The van der Waals surface area contributed by atoms with Crippen molar-refractivity contribution in [2.45, 2.75) is 13.0 Å². The Morgan fingerprint density at radius 3 is 2.78 bits per heavy atom. The van der Waals surface area contributed by atoms with Crippen LogP contribution in [-0.2, 0) is 0 Å². The van der Waals surface area contributed by atoms with Crippen molar-refractivity contribution in [1.82, 2.24) is 5.32 Å². The fourth-order valence-electron chi connectivity index (χ4n) is 1.33. The van der Waals surface area contributed by atoms with Gasteiger partial charge in [0.15, 0.2) is 0 Å². The highest BCUT2D eigenvalue weighted by Gasteiger charge is 2.18. The van der Waals surface area contributed by atoms with Crippen LogP contribution in [0.2, 0.25) is 0 Å². The molecule has 0 saturated heterocycles. The summed E-state index contributed by atoms with van der Waals surface area (Å²) in [5.41, 5.74) is -0.135. The Kier molecular flexibility index (Phi) is 4.61. The van der Waals surface area contributed by atoms with Crippen molar-refractivity contribution >= 4 is 11.6 Å². The van der Waals surface area contributed by atoms with Gasteiger partial charge in [0.25, 0.3) is 11.6 Å². The number of benzene rings is 1. The highest BCUT2D eigenvalue weighted by atomic mass is 16.6. The van der Waals surface area contributed by atoms with Crippen molar-refractivity contribution in [3.63, 3.8) is 0 Å². The Morgan fingerprint density at radius 2 is 2.28 bits per heavy atom. The first-order valence-electron chi connectivity index (χ1n) is 5.23. The molecule has 7 nitrogen and oxygen atoms in total. The van der Waals surface area contributed by atoms with E-state index in [1.165, 1.54) is 19.2 Å². The summed E-state index contributed by atoms with van der Waals surface area (Å²) >= 11 is 0. The molecule has 1 aromatic rings. The summed E-state index contributed by atoms with van der Waals surface area (Å²) < 4.78 is 4.97. The molecule has 98 valence electrons. The maximum Gasteiger partial charge on any atom is 0.270 e. The lowest BCUT2D eigenvalue weighted by Gasteiger charge is -2.12. The van der Waals surface area contributed by atoms with Crippen LogP contribution in [0.5, 0.6) is 5.75 Å². The average molecular weight is 254 g/mol. The molecule has 18 heavy (non-hydrogen) atoms. The van der Waals surface area contributed by atoms with Crippen LogP contribution < -0.4 is 10.1 Å². The van der Waals surface area contributed by atoms with Crippen LogP contribution in [0.25, 0.3) is 0 Å². The maximum absolute atomic E-state index is 11.8. The molecule has 0 spiro atoms. The summed E-state index contributed by atoms with van der Waals surface area (Å²) in [4.78, 5) is 21.9. The van der Waals surface area contributed by atoms with Gasteiger partial charge in [0, 0.05) is 18.2 Å². The number of aliphatic hydroxyl groups excluding tert-OH is 1. The molecule has 7 heteroatoms. The first kappa shape index (κ1) is 13.9. The third-order valence-electron chi connectivity index (χ3n) is 2.29. The van der Waals surface area contributed by atoms with Gasteiger partial charge >= 0.3 is 0 Å². The van der Waals surface area contributed by atoms with Crippen LogP contribution in [0.3, 0.4) is 0 Å². The Hall–Kier alpha value is -2.15. The number of aliphatic hydroxyl groups is 1. The number of non-ortho nitro benzene ring substituents is 1. The van der Waals surface area contributed by atoms with E-state index in [1.54, 1.807) is 6.92 Å². The largest absolute Gasteiger partial charge is 0.496 e. The van der Waals surface area contributed by atoms with Gasteiger partial charge in [-0.1, -0.05) is 0 Å². The molecule has 0 aromatic heterocycles. The number of carbonyl (C=O) groups excluding carboxylic acids is 1. The standard InChI is InChI=1S/C11H14N2O5/c1-7(6-14)12-11(15)9-5-8(13(16)17)3-4-10(9)18-2/h3-5,7,14H,6H2,1-2H3,(H,12,15)/t7-/m1/s1. The number of amides is 1. The second-order valence-electron chi connectivity index (χ2n) is 3.70. The minimum Gasteiger partial charge on any atom is -0.496 e. The Balaban J connectivity index is 3.07. The van der Waals surface area contributed by atoms with E-state index in [1.807, 2.05) is 0 Å². The number of rotatable bonds is 5. The van der Waals surface area contributed by atoms with Gasteiger partial charge in [-0.25, -0.2) is 0 Å². The van der Waals surface area contributed by atoms with Crippen LogP contribution in [0.15, 0.2) is 18.2 Å². The predicted octanol–water partition coefficient (Wildman–Crippen LogP) is 0.714. The molecule has 0 heterocycles. The van der Waals surface area contributed by atoms with Crippen molar-refractivity contribution in [1.29, 1.82) is 0 Å². The molecule has 0 fully saturated rings. The number of ether oxygens (including phenoxy) is 1. The smallest absolute Gasteiger partial charge is 0.270 e. The minimum absolute atomic E-state index is 0.0620. The van der Waals surface area contributed by atoms with E-state index in [2.05, 4.69) is 5.32 Å². The summed E-state index contributed by atoms with van der Waals surface area (Å²) in [6.45, 7) is 1.39. The molecule has 1 atom stereocenters. The molecule has 0 aliphatic carbocycles. The van der Waals surface area contributed by atoms with E-state index >= 15 is 0 Å². The molecule has 2 N–H and O–H groups in total. The van der Waals surface area contributed by atoms with E-state index in [9.17, 15) is 14.9 Å². The normalized spacial score (nSPS) is 11.7. The lowest BCUT2D eigenvalue weighted by atomic mass is 10.1. The van der Waals surface area contributed by atoms with E-state index in [0.717, 1.165) is 6.07 Å². The second kappa shape index (κ2) is 5.97. The lowest BCUT2D eigenvalue weighted by molar-refractivity contribution is -0.384. The maximum atomic E-state index is 11.8. The molecule has 0 saturated carbocycles. The zero-order valence-corrected chi connectivity index (χ0v) is 10.0. The average Bonchev–Trinajstić information content (AvgIpc) is 2.37. The van der Waals surface area contributed by atoms with E-state index in [0.29, 0.717) is 0 Å². The Labute approximate surface area is 104 Å². The van der Waals surface area contributed by atoms with Crippen LogP contribution in [-0.4, -0.2) is 35.7 Å². The summed E-state index contributed by atoms with van der Waals surface area (Å²) in [6, 6.07) is 3.31. The molecule has 0 unspecified atom stereocenters. The van der Waals surface area contributed by atoms with Crippen molar-refractivity contribution < 1.29 is 19.6 Å².